The average molecular weight is 516 g/mol. The van der Waals surface area contributed by atoms with Gasteiger partial charge in [0.15, 0.2) is 11.0 Å². The molecule has 0 saturated heterocycles. The smallest absolute Gasteiger partial charge is 0.251 e. The molecular weight excluding hydrogens is 490 g/mol. The number of hydrogen-bond acceptors (Lipinski definition) is 5. The molecule has 2 aromatic carbocycles. The van der Waals surface area contributed by atoms with Gasteiger partial charge in [0.05, 0.1) is 11.8 Å². The molecule has 168 valence electrons. The van der Waals surface area contributed by atoms with Gasteiger partial charge in [0, 0.05) is 22.3 Å². The second-order valence-electron chi connectivity index (χ2n) is 7.49. The van der Waals surface area contributed by atoms with Crippen LogP contribution in [0.5, 0.6) is 0 Å². The predicted octanol–water partition coefficient (Wildman–Crippen LogP) is 4.92. The first kappa shape index (κ1) is 24.0. The van der Waals surface area contributed by atoms with E-state index in [0.717, 1.165) is 10.2 Å². The van der Waals surface area contributed by atoms with Crippen LogP contribution >= 0.6 is 27.7 Å². The second-order valence-corrected chi connectivity index (χ2v) is 9.35. The normalized spacial score (nSPS) is 11.9. The molecule has 1 heterocycles. The van der Waals surface area contributed by atoms with Crippen LogP contribution in [0.1, 0.15) is 43.0 Å². The Labute approximate surface area is 200 Å². The molecule has 7 nitrogen and oxygen atoms in total. The van der Waals surface area contributed by atoms with Gasteiger partial charge in [0.25, 0.3) is 5.91 Å². The fourth-order valence-electron chi connectivity index (χ4n) is 3.17. The highest BCUT2D eigenvalue weighted by atomic mass is 79.9. The van der Waals surface area contributed by atoms with E-state index < -0.39 is 0 Å². The summed E-state index contributed by atoms with van der Waals surface area (Å²) in [5, 5.41) is 15.3. The van der Waals surface area contributed by atoms with Crippen LogP contribution in [0.4, 0.5) is 5.69 Å². The van der Waals surface area contributed by atoms with Crippen molar-refractivity contribution in [1.82, 2.24) is 20.1 Å². The van der Waals surface area contributed by atoms with Crippen LogP contribution in [0.25, 0.3) is 0 Å². The van der Waals surface area contributed by atoms with Crippen LogP contribution in [0.3, 0.4) is 0 Å². The summed E-state index contributed by atoms with van der Waals surface area (Å²) in [5.74, 6) is 0.708. The van der Waals surface area contributed by atoms with Crippen LogP contribution < -0.4 is 10.6 Å². The summed E-state index contributed by atoms with van der Waals surface area (Å²) in [4.78, 5) is 25.1. The molecule has 3 rings (SSSR count). The lowest BCUT2D eigenvalue weighted by atomic mass is 10.0. The Hall–Kier alpha value is -2.65. The zero-order chi connectivity index (χ0) is 23.1. The molecule has 0 bridgehead atoms. The number of anilines is 1. The molecule has 0 fully saturated rings. The van der Waals surface area contributed by atoms with Crippen LogP contribution in [-0.4, -0.2) is 32.3 Å². The highest BCUT2D eigenvalue weighted by molar-refractivity contribution is 9.10. The van der Waals surface area contributed by atoms with Crippen LogP contribution in [0, 0.1) is 5.92 Å². The van der Waals surface area contributed by atoms with Crippen molar-refractivity contribution >= 4 is 45.2 Å². The van der Waals surface area contributed by atoms with E-state index in [1.807, 2.05) is 67.8 Å². The third kappa shape index (κ3) is 6.20. The van der Waals surface area contributed by atoms with Crippen LogP contribution in [0.2, 0.25) is 0 Å². The number of carbonyl (C=O) groups excluding carboxylic acids is 2. The van der Waals surface area contributed by atoms with Gasteiger partial charge in [-0.15, -0.1) is 10.2 Å². The summed E-state index contributed by atoms with van der Waals surface area (Å²) < 4.78 is 2.85. The first-order valence-electron chi connectivity index (χ1n) is 10.4. The third-order valence-electron chi connectivity index (χ3n) is 4.77. The van der Waals surface area contributed by atoms with Gasteiger partial charge >= 0.3 is 0 Å². The minimum absolute atomic E-state index is 0.106. The summed E-state index contributed by atoms with van der Waals surface area (Å²) in [6.07, 6.45) is 0. The molecular formula is C23H26BrN5O2S. The Kier molecular flexibility index (Phi) is 8.46. The van der Waals surface area contributed by atoms with Crippen molar-refractivity contribution in [1.29, 1.82) is 0 Å². The molecule has 3 aromatic rings. The molecule has 1 atom stereocenters. The lowest BCUT2D eigenvalue weighted by molar-refractivity contribution is -0.113. The van der Waals surface area contributed by atoms with Crippen molar-refractivity contribution in [2.75, 3.05) is 11.1 Å². The number of thioether (sulfide) groups is 1. The predicted molar refractivity (Wildman–Crippen MR) is 131 cm³/mol. The molecule has 2 N–H and O–H groups in total. The van der Waals surface area contributed by atoms with Crippen molar-refractivity contribution < 1.29 is 9.59 Å². The van der Waals surface area contributed by atoms with Gasteiger partial charge in [0.1, 0.15) is 0 Å². The van der Waals surface area contributed by atoms with Gasteiger partial charge in [-0.05, 0) is 43.2 Å². The molecule has 0 aliphatic carbocycles. The molecule has 0 spiro atoms. The van der Waals surface area contributed by atoms with E-state index in [-0.39, 0.29) is 29.5 Å². The van der Waals surface area contributed by atoms with Gasteiger partial charge < -0.3 is 15.2 Å². The third-order valence-corrected chi connectivity index (χ3v) is 6.23. The molecule has 0 radical (unpaired) electrons. The molecule has 32 heavy (non-hydrogen) atoms. The fourth-order valence-corrected chi connectivity index (χ4v) is 4.38. The Morgan fingerprint density at radius 3 is 2.50 bits per heavy atom. The zero-order valence-electron chi connectivity index (χ0n) is 18.2. The number of benzene rings is 2. The van der Waals surface area contributed by atoms with E-state index >= 15 is 0 Å². The SMILES string of the molecule is CCn1c(SCC(=O)Nc2cccc(Br)c2)nnc1C(NC(=O)c1ccccc1)C(C)C. The topological polar surface area (TPSA) is 88.9 Å². The molecule has 0 saturated carbocycles. The zero-order valence-corrected chi connectivity index (χ0v) is 20.6. The molecule has 1 aromatic heterocycles. The molecule has 2 amide bonds. The van der Waals surface area contributed by atoms with E-state index in [9.17, 15) is 9.59 Å². The number of amides is 2. The highest BCUT2D eigenvalue weighted by Gasteiger charge is 2.26. The minimum Gasteiger partial charge on any atom is -0.342 e. The summed E-state index contributed by atoms with van der Waals surface area (Å²) in [6, 6.07) is 16.2. The second kappa shape index (κ2) is 11.3. The fraction of sp³-hybridized carbons (Fsp3) is 0.304. The number of nitrogens with one attached hydrogen (secondary N) is 2. The first-order chi connectivity index (χ1) is 15.4. The van der Waals surface area contributed by atoms with E-state index in [1.54, 1.807) is 12.1 Å². The van der Waals surface area contributed by atoms with Gasteiger partial charge in [-0.1, -0.05) is 65.8 Å². The number of carbonyl (C=O) groups is 2. The molecule has 9 heteroatoms. The Balaban J connectivity index is 1.70. The van der Waals surface area contributed by atoms with Crippen LogP contribution in [-0.2, 0) is 11.3 Å². The Bertz CT molecular complexity index is 1070. The molecule has 0 aliphatic heterocycles. The highest BCUT2D eigenvalue weighted by Crippen LogP contribution is 2.26. The van der Waals surface area contributed by atoms with Crippen molar-refractivity contribution in [2.45, 2.75) is 38.5 Å². The lowest BCUT2D eigenvalue weighted by Gasteiger charge is -2.22. The van der Waals surface area contributed by atoms with Crippen molar-refractivity contribution in [3.63, 3.8) is 0 Å². The van der Waals surface area contributed by atoms with Crippen molar-refractivity contribution in [3.05, 3.63) is 70.5 Å². The first-order valence-corrected chi connectivity index (χ1v) is 12.1. The van der Waals surface area contributed by atoms with E-state index in [0.29, 0.717) is 23.1 Å². The standard InChI is InChI=1S/C23H26BrN5O2S/c1-4-29-21(20(15(2)3)26-22(31)16-9-6-5-7-10-16)27-28-23(29)32-14-19(30)25-18-12-8-11-17(24)13-18/h5-13,15,20H,4,14H2,1-3H3,(H,25,30)(H,26,31). The largest absolute Gasteiger partial charge is 0.342 e. The summed E-state index contributed by atoms with van der Waals surface area (Å²) >= 11 is 4.72. The quantitative estimate of drug-likeness (QED) is 0.395. The summed E-state index contributed by atoms with van der Waals surface area (Å²) in [5.41, 5.74) is 1.32. The van der Waals surface area contributed by atoms with E-state index in [1.165, 1.54) is 11.8 Å². The van der Waals surface area contributed by atoms with Crippen molar-refractivity contribution in [3.8, 4) is 0 Å². The van der Waals surface area contributed by atoms with Crippen LogP contribution in [0.15, 0.2) is 64.2 Å². The minimum atomic E-state index is -0.306. The number of hydrogen-bond donors (Lipinski definition) is 2. The van der Waals surface area contributed by atoms with Gasteiger partial charge in [-0.3, -0.25) is 9.59 Å². The number of nitrogens with zero attached hydrogens (tertiary/aromatic N) is 3. The van der Waals surface area contributed by atoms with E-state index in [2.05, 4.69) is 36.8 Å². The monoisotopic (exact) mass is 515 g/mol. The Morgan fingerprint density at radius 2 is 1.84 bits per heavy atom. The van der Waals surface area contributed by atoms with Crippen molar-refractivity contribution in [2.24, 2.45) is 5.92 Å². The van der Waals surface area contributed by atoms with Gasteiger partial charge in [-0.2, -0.15) is 0 Å². The molecule has 1 unspecified atom stereocenters. The number of halogens is 1. The Morgan fingerprint density at radius 1 is 1.09 bits per heavy atom. The average Bonchev–Trinajstić information content (AvgIpc) is 3.18. The molecule has 0 aliphatic rings. The van der Waals surface area contributed by atoms with E-state index in [4.69, 9.17) is 0 Å². The maximum absolute atomic E-state index is 12.7. The summed E-state index contributed by atoms with van der Waals surface area (Å²) in [7, 11) is 0. The summed E-state index contributed by atoms with van der Waals surface area (Å²) in [6.45, 7) is 6.68. The van der Waals surface area contributed by atoms with Gasteiger partial charge in [0.2, 0.25) is 5.91 Å². The van der Waals surface area contributed by atoms with Gasteiger partial charge in [-0.25, -0.2) is 0 Å². The number of rotatable bonds is 9. The number of aromatic nitrogens is 3. The lowest BCUT2D eigenvalue weighted by Crippen LogP contribution is -2.33. The maximum Gasteiger partial charge on any atom is 0.251 e. The maximum atomic E-state index is 12.7.